The van der Waals surface area contributed by atoms with Gasteiger partial charge in [0.25, 0.3) is 0 Å². The maximum absolute atomic E-state index is 6.18. The van der Waals surface area contributed by atoms with Gasteiger partial charge in [0.2, 0.25) is 0 Å². The summed E-state index contributed by atoms with van der Waals surface area (Å²) < 4.78 is 5.21. The smallest absolute Gasteiger partial charge is 0.150 e. The van der Waals surface area contributed by atoms with E-state index in [9.17, 15) is 0 Å². The van der Waals surface area contributed by atoms with E-state index in [4.69, 9.17) is 39.5 Å². The van der Waals surface area contributed by atoms with E-state index in [2.05, 4.69) is 9.88 Å². The number of aromatic nitrogens is 1. The van der Waals surface area contributed by atoms with Crippen LogP contribution in [0.2, 0.25) is 15.2 Å². The van der Waals surface area contributed by atoms with Crippen molar-refractivity contribution >= 4 is 40.6 Å². The average molecular weight is 310 g/mol. The summed E-state index contributed by atoms with van der Waals surface area (Å²) in [7, 11) is 1.73. The van der Waals surface area contributed by atoms with Gasteiger partial charge in [-0.3, -0.25) is 0 Å². The molecular formula is C12H15Cl3N2O. The highest BCUT2D eigenvalue weighted by atomic mass is 35.5. The first-order valence-electron chi connectivity index (χ1n) is 5.87. The van der Waals surface area contributed by atoms with Crippen molar-refractivity contribution in [3.05, 3.63) is 21.3 Å². The lowest BCUT2D eigenvalue weighted by Gasteiger charge is -2.33. The molecule has 0 amide bonds. The third kappa shape index (κ3) is 3.21. The second-order valence-corrected chi connectivity index (χ2v) is 5.65. The quantitative estimate of drug-likeness (QED) is 0.792. The fourth-order valence-corrected chi connectivity index (χ4v) is 2.90. The Bertz CT molecular complexity index is 426. The third-order valence-corrected chi connectivity index (χ3v) is 4.04. The third-order valence-electron chi connectivity index (χ3n) is 3.09. The second-order valence-electron chi connectivity index (χ2n) is 4.48. The zero-order chi connectivity index (χ0) is 13.1. The molecule has 0 saturated carbocycles. The fraction of sp³-hybridized carbons (Fsp3) is 0.583. The van der Waals surface area contributed by atoms with Gasteiger partial charge in [-0.1, -0.05) is 34.8 Å². The highest BCUT2D eigenvalue weighted by Crippen LogP contribution is 2.33. The van der Waals surface area contributed by atoms with E-state index in [0.717, 1.165) is 26.1 Å². The van der Waals surface area contributed by atoms with Crippen LogP contribution in [0.5, 0.6) is 0 Å². The lowest BCUT2D eigenvalue weighted by molar-refractivity contribution is 0.143. The van der Waals surface area contributed by atoms with Gasteiger partial charge in [0.15, 0.2) is 0 Å². The molecule has 1 aliphatic heterocycles. The Morgan fingerprint density at radius 1 is 1.39 bits per heavy atom. The van der Waals surface area contributed by atoms with Gasteiger partial charge in [0.1, 0.15) is 11.0 Å². The first kappa shape index (κ1) is 14.2. The summed E-state index contributed by atoms with van der Waals surface area (Å²) in [6, 6.07) is 1.65. The van der Waals surface area contributed by atoms with E-state index < -0.39 is 0 Å². The van der Waals surface area contributed by atoms with Crippen molar-refractivity contribution in [2.45, 2.75) is 12.8 Å². The number of hydrogen-bond donors (Lipinski definition) is 0. The summed E-state index contributed by atoms with van der Waals surface area (Å²) in [5.41, 5.74) is 0. The van der Waals surface area contributed by atoms with Crippen LogP contribution >= 0.6 is 34.8 Å². The molecule has 2 heterocycles. The lowest BCUT2D eigenvalue weighted by atomic mass is 9.99. The van der Waals surface area contributed by atoms with E-state index >= 15 is 0 Å². The maximum atomic E-state index is 6.18. The fourth-order valence-electron chi connectivity index (χ4n) is 2.29. The molecule has 100 valence electrons. The van der Waals surface area contributed by atoms with Gasteiger partial charge in [-0.05, 0) is 24.8 Å². The molecule has 1 unspecified atom stereocenters. The van der Waals surface area contributed by atoms with Crippen molar-refractivity contribution in [1.29, 1.82) is 0 Å². The molecule has 18 heavy (non-hydrogen) atoms. The molecule has 1 aliphatic rings. The molecule has 1 aromatic rings. The number of ether oxygens (including phenoxy) is 1. The van der Waals surface area contributed by atoms with Crippen LogP contribution in [-0.4, -0.2) is 31.8 Å². The average Bonchev–Trinajstić information content (AvgIpc) is 2.34. The molecule has 0 aliphatic carbocycles. The Hall–Kier alpha value is -0.220. The summed E-state index contributed by atoms with van der Waals surface area (Å²) in [6.07, 6.45) is 2.27. The summed E-state index contributed by atoms with van der Waals surface area (Å²) in [5, 5.41) is 1.23. The van der Waals surface area contributed by atoms with Crippen LogP contribution in [-0.2, 0) is 4.74 Å². The number of pyridine rings is 1. The number of anilines is 1. The zero-order valence-electron chi connectivity index (χ0n) is 10.1. The summed E-state index contributed by atoms with van der Waals surface area (Å²) in [4.78, 5) is 6.43. The summed E-state index contributed by atoms with van der Waals surface area (Å²) in [6.45, 7) is 2.58. The van der Waals surface area contributed by atoms with Crippen molar-refractivity contribution in [2.75, 3.05) is 31.7 Å². The maximum Gasteiger partial charge on any atom is 0.150 e. The molecule has 0 aromatic carbocycles. The molecule has 0 radical (unpaired) electrons. The summed E-state index contributed by atoms with van der Waals surface area (Å²) in [5.74, 6) is 1.22. The molecular weight excluding hydrogens is 295 g/mol. The Morgan fingerprint density at radius 2 is 2.17 bits per heavy atom. The van der Waals surface area contributed by atoms with Crippen molar-refractivity contribution in [3.8, 4) is 0 Å². The van der Waals surface area contributed by atoms with E-state index in [-0.39, 0.29) is 0 Å². The molecule has 1 aromatic heterocycles. The van der Waals surface area contributed by atoms with Crippen LogP contribution in [0.1, 0.15) is 12.8 Å². The van der Waals surface area contributed by atoms with Gasteiger partial charge in [-0.2, -0.15) is 0 Å². The molecule has 0 bridgehead atoms. The Labute approximate surface area is 122 Å². The summed E-state index contributed by atoms with van der Waals surface area (Å²) >= 11 is 18.0. The molecule has 3 nitrogen and oxygen atoms in total. The minimum atomic E-state index is 0.296. The molecule has 0 spiro atoms. The predicted molar refractivity (Wildman–Crippen MR) is 76.1 cm³/mol. The van der Waals surface area contributed by atoms with Gasteiger partial charge >= 0.3 is 0 Å². The minimum Gasteiger partial charge on any atom is -0.384 e. The van der Waals surface area contributed by atoms with Gasteiger partial charge in [-0.25, -0.2) is 4.98 Å². The van der Waals surface area contributed by atoms with Crippen LogP contribution in [0.15, 0.2) is 6.07 Å². The molecule has 2 rings (SSSR count). The second kappa shape index (κ2) is 6.29. The number of hydrogen-bond acceptors (Lipinski definition) is 3. The van der Waals surface area contributed by atoms with Gasteiger partial charge in [-0.15, -0.1) is 0 Å². The highest BCUT2D eigenvalue weighted by Gasteiger charge is 2.23. The van der Waals surface area contributed by atoms with Gasteiger partial charge in [0.05, 0.1) is 16.7 Å². The normalized spacial score (nSPS) is 20.2. The number of methoxy groups -OCH3 is 1. The molecule has 1 saturated heterocycles. The van der Waals surface area contributed by atoms with Crippen molar-refractivity contribution in [2.24, 2.45) is 5.92 Å². The van der Waals surface area contributed by atoms with Crippen molar-refractivity contribution in [3.63, 3.8) is 0 Å². The standard InChI is InChI=1S/C12H15Cl3N2O/c1-18-7-8-3-2-4-17(6-8)12-10(14)5-9(13)11(15)16-12/h5,8H,2-4,6-7H2,1H3. The van der Waals surface area contributed by atoms with Gasteiger partial charge < -0.3 is 9.64 Å². The number of nitrogens with zero attached hydrogens (tertiary/aromatic N) is 2. The number of rotatable bonds is 3. The van der Waals surface area contributed by atoms with Crippen molar-refractivity contribution in [1.82, 2.24) is 4.98 Å². The highest BCUT2D eigenvalue weighted by molar-refractivity contribution is 6.42. The number of piperidine rings is 1. The van der Waals surface area contributed by atoms with Crippen LogP contribution in [0.25, 0.3) is 0 Å². The van der Waals surface area contributed by atoms with Crippen LogP contribution in [0.3, 0.4) is 0 Å². The largest absolute Gasteiger partial charge is 0.384 e. The first-order chi connectivity index (χ1) is 8.61. The number of halogens is 3. The van der Waals surface area contributed by atoms with Crippen LogP contribution in [0.4, 0.5) is 5.82 Å². The minimum absolute atomic E-state index is 0.296. The topological polar surface area (TPSA) is 25.4 Å². The molecule has 1 atom stereocenters. The predicted octanol–water partition coefficient (Wildman–Crippen LogP) is 3.90. The Kier molecular flexibility index (Phi) is 4.96. The van der Waals surface area contributed by atoms with Crippen LogP contribution < -0.4 is 4.90 Å². The molecule has 6 heteroatoms. The van der Waals surface area contributed by atoms with E-state index in [1.807, 2.05) is 0 Å². The van der Waals surface area contributed by atoms with Crippen molar-refractivity contribution < 1.29 is 4.74 Å². The molecule has 0 N–H and O–H groups in total. The Morgan fingerprint density at radius 3 is 2.89 bits per heavy atom. The first-order valence-corrected chi connectivity index (χ1v) is 7.00. The zero-order valence-corrected chi connectivity index (χ0v) is 12.4. The van der Waals surface area contributed by atoms with E-state index in [0.29, 0.717) is 26.9 Å². The Balaban J connectivity index is 2.18. The van der Waals surface area contributed by atoms with Gasteiger partial charge in [0, 0.05) is 20.2 Å². The van der Waals surface area contributed by atoms with E-state index in [1.165, 1.54) is 6.42 Å². The van der Waals surface area contributed by atoms with Crippen LogP contribution in [0, 0.1) is 5.92 Å². The molecule has 1 fully saturated rings. The monoisotopic (exact) mass is 308 g/mol. The van der Waals surface area contributed by atoms with E-state index in [1.54, 1.807) is 13.2 Å². The SMILES string of the molecule is COCC1CCCN(c2nc(Cl)c(Cl)cc2Cl)C1. The lowest BCUT2D eigenvalue weighted by Crippen LogP contribution is -2.37.